The monoisotopic (exact) mass is 566 g/mol. The molecule has 0 bridgehead atoms. The van der Waals surface area contributed by atoms with Gasteiger partial charge in [0.25, 0.3) is 11.5 Å². The number of unbranched alkanes of at least 4 members (excludes halogenated alkanes) is 3. The van der Waals surface area contributed by atoms with Crippen molar-refractivity contribution in [2.45, 2.75) is 95.7 Å². The van der Waals surface area contributed by atoms with Crippen LogP contribution in [0, 0.1) is 5.82 Å². The summed E-state index contributed by atoms with van der Waals surface area (Å²) < 4.78 is 17.1. The van der Waals surface area contributed by atoms with E-state index < -0.39 is 11.4 Å². The second-order valence-electron chi connectivity index (χ2n) is 11.2. The molecule has 1 N–H and O–H groups in total. The molecule has 1 amide bonds. The van der Waals surface area contributed by atoms with Crippen LogP contribution in [-0.2, 0) is 6.42 Å². The van der Waals surface area contributed by atoms with Crippen LogP contribution in [0.5, 0.6) is 0 Å². The van der Waals surface area contributed by atoms with Crippen LogP contribution in [0.15, 0.2) is 46.1 Å². The Kier molecular flexibility index (Phi) is 9.40. The molecule has 214 valence electrons. The van der Waals surface area contributed by atoms with E-state index in [4.69, 9.17) is 0 Å². The van der Waals surface area contributed by atoms with Crippen molar-refractivity contribution < 1.29 is 9.18 Å². The largest absolute Gasteiger partial charge is 0.349 e. The molecule has 0 radical (unpaired) electrons. The molecule has 1 saturated carbocycles. The summed E-state index contributed by atoms with van der Waals surface area (Å²) in [5.41, 5.74) is 1.35. The molecule has 2 aliphatic rings. The molecule has 1 aliphatic carbocycles. The van der Waals surface area contributed by atoms with E-state index >= 15 is 0 Å². The van der Waals surface area contributed by atoms with Gasteiger partial charge in [0.05, 0.1) is 11.6 Å². The number of rotatable bonds is 9. The van der Waals surface area contributed by atoms with Crippen molar-refractivity contribution in [3.05, 3.63) is 74.3 Å². The molecule has 40 heavy (non-hydrogen) atoms. The summed E-state index contributed by atoms with van der Waals surface area (Å²) in [6.45, 7) is 2.21. The van der Waals surface area contributed by atoms with Gasteiger partial charge < -0.3 is 5.32 Å². The first-order chi connectivity index (χ1) is 19.5. The maximum absolute atomic E-state index is 14.1. The fraction of sp³-hybridized carbons (Fsp3) is 0.548. The molecule has 5 rings (SSSR count). The lowest BCUT2D eigenvalue weighted by Gasteiger charge is -2.31. The Morgan fingerprint density at radius 1 is 0.975 bits per heavy atom. The van der Waals surface area contributed by atoms with Crippen LogP contribution in [0.4, 0.5) is 4.39 Å². The van der Waals surface area contributed by atoms with Crippen molar-refractivity contribution >= 4 is 28.7 Å². The molecule has 0 spiro atoms. The van der Waals surface area contributed by atoms with Crippen molar-refractivity contribution in [2.24, 2.45) is 0 Å². The van der Waals surface area contributed by atoms with Gasteiger partial charge in [-0.3, -0.25) is 18.7 Å². The van der Waals surface area contributed by atoms with Gasteiger partial charge in [0, 0.05) is 23.7 Å². The fourth-order valence-corrected chi connectivity index (χ4v) is 7.21. The van der Waals surface area contributed by atoms with Gasteiger partial charge in [-0.2, -0.15) is 11.8 Å². The topological polar surface area (TPSA) is 86.0 Å². The molecule has 1 aromatic carbocycles. The number of halogens is 1. The fourth-order valence-electron chi connectivity index (χ4n) is 6.12. The normalized spacial score (nSPS) is 20.1. The molecule has 3 heterocycles. The Balaban J connectivity index is 1.28. The number of hydrogen-bond acceptors (Lipinski definition) is 5. The molecular formula is C31H39FN4O3S. The number of thioether (sulfide) groups is 1. The highest BCUT2D eigenvalue weighted by atomic mass is 32.2. The van der Waals surface area contributed by atoms with Crippen LogP contribution < -0.4 is 16.6 Å². The molecule has 3 aromatic rings. The number of nitrogens with zero attached hydrogens (tertiary/aromatic N) is 3. The Hall–Kier alpha value is -2.94. The summed E-state index contributed by atoms with van der Waals surface area (Å²) in [5.74, 6) is 1.19. The second kappa shape index (κ2) is 13.1. The highest BCUT2D eigenvalue weighted by Gasteiger charge is 2.29. The summed E-state index contributed by atoms with van der Waals surface area (Å²) in [6, 6.07) is 8.70. The summed E-state index contributed by atoms with van der Waals surface area (Å²) in [4.78, 5) is 44.4. The van der Waals surface area contributed by atoms with E-state index in [1.54, 1.807) is 4.57 Å². The van der Waals surface area contributed by atoms with Gasteiger partial charge in [-0.05, 0) is 86.6 Å². The van der Waals surface area contributed by atoms with Crippen LogP contribution in [0.1, 0.15) is 99.1 Å². The van der Waals surface area contributed by atoms with Gasteiger partial charge in [0.15, 0.2) is 0 Å². The first kappa shape index (κ1) is 28.6. The lowest BCUT2D eigenvalue weighted by Crippen LogP contribution is -2.46. The number of pyridine rings is 1. The van der Waals surface area contributed by atoms with Crippen molar-refractivity contribution in [3.63, 3.8) is 0 Å². The quantitative estimate of drug-likeness (QED) is 0.331. The van der Waals surface area contributed by atoms with Crippen molar-refractivity contribution in [3.8, 4) is 0 Å². The van der Waals surface area contributed by atoms with Crippen LogP contribution in [0.2, 0.25) is 0 Å². The standard InChI is InChI=1S/C31H39FN4O3S/c1-2-3-4-5-6-21-7-9-22(10-8-21)29(37)34-24-11-13-25(14-12-24)36-30(38)27-19-23(32)20-33-28(27)35(31(36)39)26-15-17-40-18-16-26/h7-10,19-20,24-26H,2-6,11-18H2,1H3,(H,34,37)/t24-,25+. The molecule has 7 nitrogen and oxygen atoms in total. The van der Waals surface area contributed by atoms with Gasteiger partial charge in [-0.15, -0.1) is 0 Å². The number of aryl methyl sites for hydroxylation is 1. The molecule has 1 aliphatic heterocycles. The van der Waals surface area contributed by atoms with Crippen molar-refractivity contribution in [2.75, 3.05) is 11.5 Å². The highest BCUT2D eigenvalue weighted by Crippen LogP contribution is 2.30. The minimum Gasteiger partial charge on any atom is -0.349 e. The Morgan fingerprint density at radius 2 is 1.68 bits per heavy atom. The van der Waals surface area contributed by atoms with Gasteiger partial charge >= 0.3 is 5.69 Å². The maximum atomic E-state index is 14.1. The molecule has 2 aromatic heterocycles. The lowest BCUT2D eigenvalue weighted by atomic mass is 9.90. The SMILES string of the molecule is CCCCCCc1ccc(C(=O)N[C@H]2CC[C@@H](n3c(=O)c4cc(F)cnc4n(C4CCSCC4)c3=O)CC2)cc1. The Bertz CT molecular complexity index is 1440. The first-order valence-electron chi connectivity index (χ1n) is 14.8. The average molecular weight is 567 g/mol. The minimum atomic E-state index is -0.587. The summed E-state index contributed by atoms with van der Waals surface area (Å²) in [7, 11) is 0. The van der Waals surface area contributed by atoms with Crippen molar-refractivity contribution in [1.29, 1.82) is 0 Å². The number of carbonyl (C=O) groups excluding carboxylic acids is 1. The third-order valence-corrected chi connectivity index (χ3v) is 9.46. The number of carbonyl (C=O) groups is 1. The van der Waals surface area contributed by atoms with E-state index in [-0.39, 0.29) is 40.8 Å². The zero-order chi connectivity index (χ0) is 28.1. The van der Waals surface area contributed by atoms with Crippen LogP contribution >= 0.6 is 11.8 Å². The number of aromatic nitrogens is 3. The third kappa shape index (κ3) is 6.35. The van der Waals surface area contributed by atoms with Gasteiger partial charge in [0.2, 0.25) is 0 Å². The van der Waals surface area contributed by atoms with E-state index in [1.165, 1.54) is 41.9 Å². The van der Waals surface area contributed by atoms with E-state index in [0.717, 1.165) is 37.0 Å². The molecule has 2 fully saturated rings. The maximum Gasteiger partial charge on any atom is 0.333 e. The molecular weight excluding hydrogens is 527 g/mol. The van der Waals surface area contributed by atoms with Crippen LogP contribution in [0.3, 0.4) is 0 Å². The second-order valence-corrected chi connectivity index (χ2v) is 12.4. The van der Waals surface area contributed by atoms with Crippen LogP contribution in [-0.4, -0.2) is 37.6 Å². The van der Waals surface area contributed by atoms with E-state index in [2.05, 4.69) is 17.2 Å². The molecule has 0 unspecified atom stereocenters. The predicted octanol–water partition coefficient (Wildman–Crippen LogP) is 5.80. The van der Waals surface area contributed by atoms with Gasteiger partial charge in [0.1, 0.15) is 11.5 Å². The zero-order valence-electron chi connectivity index (χ0n) is 23.2. The number of fused-ring (bicyclic) bond motifs is 1. The van der Waals surface area contributed by atoms with Gasteiger partial charge in [-0.25, -0.2) is 14.2 Å². The first-order valence-corrected chi connectivity index (χ1v) is 15.9. The van der Waals surface area contributed by atoms with Crippen LogP contribution in [0.25, 0.3) is 11.0 Å². The smallest absolute Gasteiger partial charge is 0.333 e. The highest BCUT2D eigenvalue weighted by molar-refractivity contribution is 7.99. The Morgan fingerprint density at radius 3 is 2.38 bits per heavy atom. The molecule has 9 heteroatoms. The minimum absolute atomic E-state index is 0.0228. The van der Waals surface area contributed by atoms with E-state index in [9.17, 15) is 18.8 Å². The summed E-state index contributed by atoms with van der Waals surface area (Å²) in [6.07, 6.45) is 11.1. The van der Waals surface area contributed by atoms with E-state index in [1.807, 2.05) is 36.0 Å². The Labute approximate surface area is 238 Å². The number of hydrogen-bond donors (Lipinski definition) is 1. The number of amides is 1. The third-order valence-electron chi connectivity index (χ3n) is 8.41. The number of benzene rings is 1. The van der Waals surface area contributed by atoms with Crippen molar-refractivity contribution in [1.82, 2.24) is 19.4 Å². The summed E-state index contributed by atoms with van der Waals surface area (Å²) >= 11 is 1.85. The number of nitrogens with one attached hydrogen (secondary N) is 1. The summed E-state index contributed by atoms with van der Waals surface area (Å²) in [5, 5.41) is 3.30. The zero-order valence-corrected chi connectivity index (χ0v) is 24.1. The lowest BCUT2D eigenvalue weighted by molar-refractivity contribution is 0.0922. The van der Waals surface area contributed by atoms with E-state index in [0.29, 0.717) is 31.2 Å². The molecule has 0 atom stereocenters. The van der Waals surface area contributed by atoms with Gasteiger partial charge in [-0.1, -0.05) is 38.3 Å². The predicted molar refractivity (Wildman–Crippen MR) is 159 cm³/mol. The average Bonchev–Trinajstić information content (AvgIpc) is 2.97. The molecule has 1 saturated heterocycles.